The monoisotopic (exact) mass is 449 g/mol. The molecule has 0 aliphatic heterocycles. The van der Waals surface area contributed by atoms with Gasteiger partial charge >= 0.3 is 0 Å². The Bertz CT molecular complexity index is 906. The Morgan fingerprint density at radius 1 is 1.00 bits per heavy atom. The summed E-state index contributed by atoms with van der Waals surface area (Å²) >= 11 is 12.2. The van der Waals surface area contributed by atoms with E-state index >= 15 is 0 Å². The van der Waals surface area contributed by atoms with Crippen molar-refractivity contribution in [3.63, 3.8) is 0 Å². The van der Waals surface area contributed by atoms with Crippen molar-refractivity contribution < 1.29 is 0 Å². The molecule has 0 atom stereocenters. The molecule has 0 fully saturated rings. The van der Waals surface area contributed by atoms with E-state index in [0.717, 1.165) is 31.5 Å². The standard InChI is InChI=1S/C17H13Br2N3S/c1-11(12-2-6-14(18)7-3-12)21-22-10-16(20-17(22)23)13-4-8-15(19)9-5-13/h2-10H,1H3,(H,20,23)/b21-11-. The van der Waals surface area contributed by atoms with E-state index in [2.05, 4.69) is 41.9 Å². The van der Waals surface area contributed by atoms with Crippen LogP contribution in [0.5, 0.6) is 0 Å². The summed E-state index contributed by atoms with van der Waals surface area (Å²) in [5, 5.41) is 4.60. The first-order valence-electron chi connectivity index (χ1n) is 6.92. The third-order valence-corrected chi connectivity index (χ3v) is 4.72. The van der Waals surface area contributed by atoms with E-state index in [9.17, 15) is 0 Å². The van der Waals surface area contributed by atoms with Crippen LogP contribution in [0.15, 0.2) is 68.8 Å². The molecule has 0 saturated carbocycles. The number of hydrogen-bond acceptors (Lipinski definition) is 2. The van der Waals surface area contributed by atoms with E-state index < -0.39 is 0 Å². The van der Waals surface area contributed by atoms with E-state index in [4.69, 9.17) is 12.2 Å². The second kappa shape index (κ2) is 6.95. The molecule has 3 nitrogen and oxygen atoms in total. The van der Waals surface area contributed by atoms with Gasteiger partial charge in [-0.15, -0.1) is 0 Å². The molecule has 0 bridgehead atoms. The van der Waals surface area contributed by atoms with Crippen LogP contribution in [0.25, 0.3) is 11.3 Å². The maximum atomic E-state index is 5.37. The molecule has 0 radical (unpaired) electrons. The van der Waals surface area contributed by atoms with Crippen molar-refractivity contribution in [2.24, 2.45) is 5.10 Å². The second-order valence-corrected chi connectivity index (χ2v) is 7.23. The molecule has 0 saturated heterocycles. The summed E-state index contributed by atoms with van der Waals surface area (Å²) in [6.07, 6.45) is 1.91. The van der Waals surface area contributed by atoms with Gasteiger partial charge in [-0.3, -0.25) is 0 Å². The number of benzene rings is 2. The average molecular weight is 451 g/mol. The van der Waals surface area contributed by atoms with Crippen molar-refractivity contribution in [1.82, 2.24) is 9.66 Å². The number of aromatic nitrogens is 2. The van der Waals surface area contributed by atoms with Gasteiger partial charge in [-0.05, 0) is 54.5 Å². The predicted octanol–water partition coefficient (Wildman–Crippen LogP) is 6.01. The first-order valence-corrected chi connectivity index (χ1v) is 8.91. The highest BCUT2D eigenvalue weighted by Gasteiger charge is 2.04. The van der Waals surface area contributed by atoms with Gasteiger partial charge in [-0.25, -0.2) is 4.68 Å². The van der Waals surface area contributed by atoms with Crippen molar-refractivity contribution >= 4 is 49.8 Å². The zero-order chi connectivity index (χ0) is 16.4. The molecular formula is C17H13Br2N3S. The largest absolute Gasteiger partial charge is 0.329 e. The number of rotatable bonds is 3. The fourth-order valence-electron chi connectivity index (χ4n) is 2.15. The molecule has 0 unspecified atom stereocenters. The maximum absolute atomic E-state index is 5.37. The predicted molar refractivity (Wildman–Crippen MR) is 105 cm³/mol. The lowest BCUT2D eigenvalue weighted by Gasteiger charge is -2.01. The van der Waals surface area contributed by atoms with Crippen LogP contribution in [0, 0.1) is 4.77 Å². The molecule has 3 rings (SSSR count). The Hall–Kier alpha value is -1.50. The van der Waals surface area contributed by atoms with Gasteiger partial charge in [-0.2, -0.15) is 5.10 Å². The summed E-state index contributed by atoms with van der Waals surface area (Å²) in [5.74, 6) is 0. The zero-order valence-corrected chi connectivity index (χ0v) is 16.2. The van der Waals surface area contributed by atoms with E-state index in [1.165, 1.54) is 0 Å². The quantitative estimate of drug-likeness (QED) is 0.384. The molecule has 0 spiro atoms. The summed E-state index contributed by atoms with van der Waals surface area (Å²) < 4.78 is 4.36. The van der Waals surface area contributed by atoms with Crippen LogP contribution in [0.1, 0.15) is 12.5 Å². The normalized spacial score (nSPS) is 11.7. The Morgan fingerprint density at radius 2 is 1.57 bits per heavy atom. The molecule has 1 aromatic heterocycles. The molecule has 1 heterocycles. The van der Waals surface area contributed by atoms with Gasteiger partial charge in [0.2, 0.25) is 0 Å². The third kappa shape index (κ3) is 3.88. The lowest BCUT2D eigenvalue weighted by Crippen LogP contribution is -1.98. The van der Waals surface area contributed by atoms with Gasteiger partial charge in [0, 0.05) is 8.95 Å². The minimum Gasteiger partial charge on any atom is -0.329 e. The van der Waals surface area contributed by atoms with Gasteiger partial charge in [-0.1, -0.05) is 56.1 Å². The molecule has 6 heteroatoms. The molecule has 23 heavy (non-hydrogen) atoms. The highest BCUT2D eigenvalue weighted by Crippen LogP contribution is 2.20. The Morgan fingerprint density at radius 3 is 2.17 bits per heavy atom. The van der Waals surface area contributed by atoms with Gasteiger partial charge in [0.1, 0.15) is 0 Å². The molecule has 116 valence electrons. The summed E-state index contributed by atoms with van der Waals surface area (Å²) in [6, 6.07) is 16.1. The number of halogens is 2. The Balaban J connectivity index is 1.94. The van der Waals surface area contributed by atoms with Crippen molar-refractivity contribution in [3.8, 4) is 11.3 Å². The van der Waals surface area contributed by atoms with Gasteiger partial charge in [0.25, 0.3) is 0 Å². The smallest absolute Gasteiger partial charge is 0.198 e. The van der Waals surface area contributed by atoms with E-state index in [-0.39, 0.29) is 0 Å². The van der Waals surface area contributed by atoms with Crippen LogP contribution >= 0.6 is 44.1 Å². The summed E-state index contributed by atoms with van der Waals surface area (Å²) in [7, 11) is 0. The molecule has 2 aromatic carbocycles. The van der Waals surface area contributed by atoms with Gasteiger partial charge in [0.15, 0.2) is 4.77 Å². The topological polar surface area (TPSA) is 33.1 Å². The van der Waals surface area contributed by atoms with Crippen LogP contribution in [0.2, 0.25) is 0 Å². The molecule has 3 aromatic rings. The van der Waals surface area contributed by atoms with Crippen molar-refractivity contribution in [1.29, 1.82) is 0 Å². The average Bonchev–Trinajstić information content (AvgIpc) is 2.89. The Kier molecular flexibility index (Phi) is 4.94. The van der Waals surface area contributed by atoms with Crippen LogP contribution in [0.4, 0.5) is 0 Å². The van der Waals surface area contributed by atoms with E-state index in [0.29, 0.717) is 4.77 Å². The van der Waals surface area contributed by atoms with Crippen molar-refractivity contribution in [2.45, 2.75) is 6.92 Å². The summed E-state index contributed by atoms with van der Waals surface area (Å²) in [5.41, 5.74) is 3.96. The highest BCUT2D eigenvalue weighted by atomic mass is 79.9. The number of H-pyrrole nitrogens is 1. The van der Waals surface area contributed by atoms with E-state index in [1.807, 2.05) is 61.7 Å². The number of nitrogens with one attached hydrogen (secondary N) is 1. The first-order chi connectivity index (χ1) is 11.0. The lowest BCUT2D eigenvalue weighted by atomic mass is 10.1. The third-order valence-electron chi connectivity index (χ3n) is 3.38. The first kappa shape index (κ1) is 16.4. The van der Waals surface area contributed by atoms with Crippen LogP contribution < -0.4 is 0 Å². The number of aromatic amines is 1. The molecule has 0 aliphatic rings. The molecule has 1 N–H and O–H groups in total. The van der Waals surface area contributed by atoms with Crippen molar-refractivity contribution in [3.05, 3.63) is 74.0 Å². The molecule has 0 amide bonds. The van der Waals surface area contributed by atoms with Crippen molar-refractivity contribution in [2.75, 3.05) is 0 Å². The fraction of sp³-hybridized carbons (Fsp3) is 0.0588. The fourth-order valence-corrected chi connectivity index (χ4v) is 2.88. The Labute approximate surface area is 156 Å². The van der Waals surface area contributed by atoms with Gasteiger partial charge < -0.3 is 4.98 Å². The number of nitrogens with zero attached hydrogens (tertiary/aromatic N) is 2. The lowest BCUT2D eigenvalue weighted by molar-refractivity contribution is 0.857. The van der Waals surface area contributed by atoms with Crippen LogP contribution in [-0.4, -0.2) is 15.4 Å². The number of hydrogen-bond donors (Lipinski definition) is 1. The SMILES string of the molecule is C/C(=N/n1cc(-c2ccc(Br)cc2)[nH]c1=S)c1ccc(Br)cc1. The zero-order valence-electron chi connectivity index (χ0n) is 12.3. The van der Waals surface area contributed by atoms with Gasteiger partial charge in [0.05, 0.1) is 17.6 Å². The highest BCUT2D eigenvalue weighted by molar-refractivity contribution is 9.10. The maximum Gasteiger partial charge on any atom is 0.198 e. The number of imidazole rings is 1. The molecule has 0 aliphatic carbocycles. The van der Waals surface area contributed by atoms with Crippen LogP contribution in [-0.2, 0) is 0 Å². The second-order valence-electron chi connectivity index (χ2n) is 5.02. The van der Waals surface area contributed by atoms with Crippen LogP contribution in [0.3, 0.4) is 0 Å². The minimum absolute atomic E-state index is 0.569. The summed E-state index contributed by atoms with van der Waals surface area (Å²) in [6.45, 7) is 1.97. The van der Waals surface area contributed by atoms with E-state index in [1.54, 1.807) is 4.68 Å². The minimum atomic E-state index is 0.569. The summed E-state index contributed by atoms with van der Waals surface area (Å²) in [4.78, 5) is 3.19. The molecular weight excluding hydrogens is 438 g/mol.